The summed E-state index contributed by atoms with van der Waals surface area (Å²) < 4.78 is 13.8. The van der Waals surface area contributed by atoms with E-state index in [-0.39, 0.29) is 5.82 Å². The lowest BCUT2D eigenvalue weighted by Gasteiger charge is -2.04. The van der Waals surface area contributed by atoms with Gasteiger partial charge in [-0.1, -0.05) is 27.5 Å². The third-order valence-corrected chi connectivity index (χ3v) is 2.89. The van der Waals surface area contributed by atoms with Crippen LogP contribution in [0.4, 0.5) is 4.39 Å². The largest absolute Gasteiger partial charge is 0.241 e. The maximum Gasteiger partial charge on any atom is 0.137 e. The molecule has 0 N–H and O–H groups in total. The van der Waals surface area contributed by atoms with Crippen molar-refractivity contribution in [1.29, 1.82) is 0 Å². The van der Waals surface area contributed by atoms with Gasteiger partial charge in [0.15, 0.2) is 0 Å². The summed E-state index contributed by atoms with van der Waals surface area (Å²) in [5, 5.41) is 1.84. The summed E-state index contributed by atoms with van der Waals surface area (Å²) >= 11 is 9.20. The van der Waals surface area contributed by atoms with Crippen molar-refractivity contribution in [3.63, 3.8) is 0 Å². The van der Waals surface area contributed by atoms with Gasteiger partial charge in [-0.25, -0.2) is 9.37 Å². The van der Waals surface area contributed by atoms with Crippen molar-refractivity contribution >= 4 is 38.3 Å². The Kier molecular flexibility index (Phi) is 2.45. The smallest absolute Gasteiger partial charge is 0.137 e. The van der Waals surface area contributed by atoms with Gasteiger partial charge in [0, 0.05) is 20.9 Å². The number of pyridine rings is 1. The number of hydrogen-bond donors (Lipinski definition) is 0. The first-order valence-corrected chi connectivity index (χ1v) is 5.17. The van der Waals surface area contributed by atoms with Crippen LogP contribution in [0.2, 0.25) is 5.15 Å². The first kappa shape index (κ1) is 9.87. The van der Waals surface area contributed by atoms with Gasteiger partial charge in [0.1, 0.15) is 11.0 Å². The molecule has 0 unspecified atom stereocenters. The van der Waals surface area contributed by atoms with Gasteiger partial charge in [-0.15, -0.1) is 0 Å². The van der Waals surface area contributed by atoms with Crippen molar-refractivity contribution < 1.29 is 4.39 Å². The number of nitrogens with zero attached hydrogens (tertiary/aromatic N) is 1. The van der Waals surface area contributed by atoms with Gasteiger partial charge in [0.2, 0.25) is 0 Å². The molecule has 0 radical (unpaired) electrons. The average molecular weight is 275 g/mol. The molecule has 4 heteroatoms. The Hall–Kier alpha value is -0.670. The minimum absolute atomic E-state index is 0.322. The summed E-state index contributed by atoms with van der Waals surface area (Å²) in [5.41, 5.74) is 0.815. The molecule has 2 aromatic rings. The van der Waals surface area contributed by atoms with Crippen molar-refractivity contribution in [2.75, 3.05) is 0 Å². The number of halogens is 3. The molecule has 1 heterocycles. The molecule has 0 atom stereocenters. The second-order valence-electron chi connectivity index (χ2n) is 3.04. The Bertz CT molecular complexity index is 466. The van der Waals surface area contributed by atoms with E-state index < -0.39 is 0 Å². The summed E-state index contributed by atoms with van der Waals surface area (Å²) in [7, 11) is 0. The van der Waals surface area contributed by atoms with Gasteiger partial charge in [-0.2, -0.15) is 0 Å². The van der Waals surface area contributed by atoms with E-state index in [1.807, 2.05) is 13.0 Å². The van der Waals surface area contributed by atoms with Crippen LogP contribution in [0.25, 0.3) is 10.8 Å². The summed E-state index contributed by atoms with van der Waals surface area (Å²) in [6, 6.07) is 4.66. The molecule has 1 aromatic carbocycles. The fourth-order valence-corrected chi connectivity index (χ4v) is 2.19. The lowest BCUT2D eigenvalue weighted by molar-refractivity contribution is 0.629. The molecule has 0 aliphatic rings. The third-order valence-electron chi connectivity index (χ3n) is 1.94. The lowest BCUT2D eigenvalue weighted by atomic mass is 10.1. The van der Waals surface area contributed by atoms with Gasteiger partial charge < -0.3 is 0 Å². The van der Waals surface area contributed by atoms with Crippen molar-refractivity contribution in [2.24, 2.45) is 0 Å². The maximum atomic E-state index is 13.1. The van der Waals surface area contributed by atoms with Crippen LogP contribution in [0, 0.1) is 12.7 Å². The highest BCUT2D eigenvalue weighted by atomic mass is 79.9. The first-order valence-electron chi connectivity index (χ1n) is 4.00. The predicted octanol–water partition coefficient (Wildman–Crippen LogP) is 4.10. The van der Waals surface area contributed by atoms with Crippen molar-refractivity contribution in [1.82, 2.24) is 4.98 Å². The minimum Gasteiger partial charge on any atom is -0.241 e. The standard InChI is InChI=1S/C10H6BrClFN/c1-5-2-7-8(10(12)14-5)3-6(13)4-9(7)11/h2-4H,1H3. The van der Waals surface area contributed by atoms with Crippen LogP contribution in [-0.4, -0.2) is 4.98 Å². The second-order valence-corrected chi connectivity index (χ2v) is 4.25. The van der Waals surface area contributed by atoms with E-state index in [4.69, 9.17) is 11.6 Å². The van der Waals surface area contributed by atoms with E-state index in [2.05, 4.69) is 20.9 Å². The Morgan fingerprint density at radius 3 is 2.71 bits per heavy atom. The van der Waals surface area contributed by atoms with E-state index in [1.54, 1.807) is 0 Å². The highest BCUT2D eigenvalue weighted by Crippen LogP contribution is 2.29. The molecule has 1 nitrogen and oxygen atoms in total. The number of hydrogen-bond acceptors (Lipinski definition) is 1. The fraction of sp³-hybridized carbons (Fsp3) is 0.100. The number of fused-ring (bicyclic) bond motifs is 1. The van der Waals surface area contributed by atoms with Crippen LogP contribution in [0.5, 0.6) is 0 Å². The monoisotopic (exact) mass is 273 g/mol. The molecule has 0 saturated carbocycles. The normalized spacial score (nSPS) is 10.9. The molecule has 1 aromatic heterocycles. The van der Waals surface area contributed by atoms with Crippen LogP contribution in [0.15, 0.2) is 22.7 Å². The molecule has 0 spiro atoms. The van der Waals surface area contributed by atoms with Crippen molar-refractivity contribution in [2.45, 2.75) is 6.92 Å². The Morgan fingerprint density at radius 2 is 2.00 bits per heavy atom. The zero-order valence-electron chi connectivity index (χ0n) is 7.31. The predicted molar refractivity (Wildman–Crippen MR) is 59.1 cm³/mol. The molecule has 14 heavy (non-hydrogen) atoms. The number of aromatic nitrogens is 1. The zero-order valence-corrected chi connectivity index (χ0v) is 9.66. The quantitative estimate of drug-likeness (QED) is 0.659. The zero-order chi connectivity index (χ0) is 10.3. The molecular weight excluding hydrogens is 268 g/mol. The topological polar surface area (TPSA) is 12.9 Å². The lowest BCUT2D eigenvalue weighted by Crippen LogP contribution is -1.86. The third kappa shape index (κ3) is 1.62. The number of benzene rings is 1. The van der Waals surface area contributed by atoms with Crippen molar-refractivity contribution in [3.05, 3.63) is 39.3 Å². The highest BCUT2D eigenvalue weighted by Gasteiger charge is 2.07. The Balaban J connectivity index is 2.94. The first-order chi connectivity index (χ1) is 6.58. The highest BCUT2D eigenvalue weighted by molar-refractivity contribution is 9.10. The summed E-state index contributed by atoms with van der Waals surface area (Å²) in [6.07, 6.45) is 0. The molecule has 0 bridgehead atoms. The Labute approximate surface area is 94.0 Å². The van der Waals surface area contributed by atoms with Gasteiger partial charge in [-0.3, -0.25) is 0 Å². The van der Waals surface area contributed by atoms with E-state index in [0.29, 0.717) is 15.0 Å². The second kappa shape index (κ2) is 3.48. The van der Waals surface area contributed by atoms with E-state index >= 15 is 0 Å². The number of rotatable bonds is 0. The molecule has 0 aliphatic carbocycles. The average Bonchev–Trinajstić information content (AvgIpc) is 2.07. The van der Waals surface area contributed by atoms with E-state index in [1.165, 1.54) is 12.1 Å². The number of aryl methyl sites for hydroxylation is 1. The molecule has 0 amide bonds. The van der Waals surface area contributed by atoms with Gasteiger partial charge in [-0.05, 0) is 25.1 Å². The Morgan fingerprint density at radius 1 is 1.29 bits per heavy atom. The minimum atomic E-state index is -0.322. The maximum absolute atomic E-state index is 13.1. The van der Waals surface area contributed by atoms with Gasteiger partial charge in [0.25, 0.3) is 0 Å². The molecule has 72 valence electrons. The SMILES string of the molecule is Cc1cc2c(Br)cc(F)cc2c(Cl)n1. The molecule has 2 rings (SSSR count). The van der Waals surface area contributed by atoms with E-state index in [0.717, 1.165) is 11.1 Å². The molecule has 0 fully saturated rings. The van der Waals surface area contributed by atoms with Crippen LogP contribution < -0.4 is 0 Å². The summed E-state index contributed by atoms with van der Waals surface area (Å²) in [5.74, 6) is -0.322. The van der Waals surface area contributed by atoms with Gasteiger partial charge >= 0.3 is 0 Å². The van der Waals surface area contributed by atoms with Crippen molar-refractivity contribution in [3.8, 4) is 0 Å². The fourth-order valence-electron chi connectivity index (χ4n) is 1.36. The molecular formula is C10H6BrClFN. The van der Waals surface area contributed by atoms with Gasteiger partial charge in [0.05, 0.1) is 0 Å². The van der Waals surface area contributed by atoms with Crippen LogP contribution in [-0.2, 0) is 0 Å². The molecule has 0 saturated heterocycles. The molecule has 0 aliphatic heterocycles. The van der Waals surface area contributed by atoms with Crippen LogP contribution in [0.3, 0.4) is 0 Å². The van der Waals surface area contributed by atoms with Crippen LogP contribution in [0.1, 0.15) is 5.69 Å². The summed E-state index contributed by atoms with van der Waals surface area (Å²) in [4.78, 5) is 4.06. The van der Waals surface area contributed by atoms with Crippen LogP contribution >= 0.6 is 27.5 Å². The summed E-state index contributed by atoms with van der Waals surface area (Å²) in [6.45, 7) is 1.85. The van der Waals surface area contributed by atoms with E-state index in [9.17, 15) is 4.39 Å².